The zero-order valence-corrected chi connectivity index (χ0v) is 16.2. The topological polar surface area (TPSA) is 56.8 Å². The first-order valence-electron chi connectivity index (χ1n) is 9.43. The van der Waals surface area contributed by atoms with E-state index in [1.165, 1.54) is 7.11 Å². The number of benzene rings is 3. The summed E-state index contributed by atoms with van der Waals surface area (Å²) in [5, 5.41) is 4.92. The second kappa shape index (κ2) is 9.65. The van der Waals surface area contributed by atoms with Gasteiger partial charge in [-0.15, -0.1) is 0 Å². The van der Waals surface area contributed by atoms with Crippen LogP contribution in [0.15, 0.2) is 60.7 Å². The van der Waals surface area contributed by atoms with Gasteiger partial charge in [-0.25, -0.2) is 4.79 Å². The number of amides is 1. The van der Waals surface area contributed by atoms with E-state index in [9.17, 15) is 4.79 Å². The van der Waals surface area contributed by atoms with Crippen LogP contribution in [0.25, 0.3) is 10.8 Å². The van der Waals surface area contributed by atoms with Gasteiger partial charge >= 0.3 is 6.09 Å². The largest absolute Gasteiger partial charge is 0.494 e. The maximum atomic E-state index is 11.1. The molecule has 0 aromatic heterocycles. The second-order valence-corrected chi connectivity index (χ2v) is 6.43. The molecule has 5 heteroatoms. The van der Waals surface area contributed by atoms with Crippen molar-refractivity contribution in [2.75, 3.05) is 20.3 Å². The van der Waals surface area contributed by atoms with Crippen molar-refractivity contribution in [2.45, 2.75) is 19.8 Å². The van der Waals surface area contributed by atoms with Crippen molar-refractivity contribution < 1.29 is 19.0 Å². The first-order valence-corrected chi connectivity index (χ1v) is 9.43. The van der Waals surface area contributed by atoms with Crippen molar-refractivity contribution in [3.05, 3.63) is 66.2 Å². The molecule has 146 valence electrons. The lowest BCUT2D eigenvalue weighted by atomic mass is 10.0. The van der Waals surface area contributed by atoms with Crippen molar-refractivity contribution in [2.24, 2.45) is 0 Å². The summed E-state index contributed by atoms with van der Waals surface area (Å²) < 4.78 is 16.1. The predicted octanol–water partition coefficient (Wildman–Crippen LogP) is 5.32. The Morgan fingerprint density at radius 2 is 1.57 bits per heavy atom. The molecule has 28 heavy (non-hydrogen) atoms. The van der Waals surface area contributed by atoms with Crippen LogP contribution in [0.2, 0.25) is 0 Å². The first-order chi connectivity index (χ1) is 13.7. The number of hydrogen-bond acceptors (Lipinski definition) is 4. The molecule has 0 radical (unpaired) electrons. The minimum absolute atomic E-state index is 0.410. The molecular weight excluding hydrogens is 354 g/mol. The van der Waals surface area contributed by atoms with Crippen molar-refractivity contribution in [1.82, 2.24) is 5.32 Å². The predicted molar refractivity (Wildman–Crippen MR) is 110 cm³/mol. The van der Waals surface area contributed by atoms with Gasteiger partial charge in [-0.05, 0) is 65.6 Å². The van der Waals surface area contributed by atoms with E-state index in [0.717, 1.165) is 46.4 Å². The van der Waals surface area contributed by atoms with Gasteiger partial charge in [0.2, 0.25) is 0 Å². The third-order valence-electron chi connectivity index (χ3n) is 4.28. The summed E-state index contributed by atoms with van der Waals surface area (Å²) in [6.45, 7) is 3.34. The van der Waals surface area contributed by atoms with E-state index in [4.69, 9.17) is 9.47 Å². The molecule has 0 saturated carbocycles. The Kier molecular flexibility index (Phi) is 6.73. The average molecular weight is 379 g/mol. The minimum Gasteiger partial charge on any atom is -0.494 e. The third-order valence-corrected chi connectivity index (χ3v) is 4.28. The highest BCUT2D eigenvalue weighted by molar-refractivity contribution is 5.84. The standard InChI is InChI=1S/C23H25NO4/c1-3-14-27-20-8-10-21(11-9-20)28-22-7-6-18-15-17(4-5-19(18)16-22)12-13-24-23(25)26-2/h4-11,15-16H,3,12-14H2,1-2H3,(H,24,25). The molecule has 0 bridgehead atoms. The fourth-order valence-corrected chi connectivity index (χ4v) is 2.83. The summed E-state index contributed by atoms with van der Waals surface area (Å²) in [7, 11) is 1.36. The Morgan fingerprint density at radius 1 is 0.893 bits per heavy atom. The summed E-state index contributed by atoms with van der Waals surface area (Å²) >= 11 is 0. The Bertz CT molecular complexity index is 922. The number of hydrogen-bond donors (Lipinski definition) is 1. The maximum Gasteiger partial charge on any atom is 0.406 e. The zero-order valence-electron chi connectivity index (χ0n) is 16.2. The van der Waals surface area contributed by atoms with Crippen molar-refractivity contribution in [3.63, 3.8) is 0 Å². The SMILES string of the molecule is CCCOc1ccc(Oc2ccc3cc(CCNC(=O)OC)ccc3c2)cc1. The van der Waals surface area contributed by atoms with Gasteiger partial charge in [-0.3, -0.25) is 0 Å². The highest BCUT2D eigenvalue weighted by Crippen LogP contribution is 2.27. The van der Waals surface area contributed by atoms with Crippen LogP contribution in [-0.4, -0.2) is 26.4 Å². The molecule has 0 aliphatic carbocycles. The molecule has 3 aromatic carbocycles. The van der Waals surface area contributed by atoms with E-state index >= 15 is 0 Å². The molecule has 0 heterocycles. The van der Waals surface area contributed by atoms with Gasteiger partial charge in [0.05, 0.1) is 13.7 Å². The zero-order chi connectivity index (χ0) is 19.8. The molecule has 0 aliphatic rings. The van der Waals surface area contributed by atoms with Crippen molar-refractivity contribution in [1.29, 1.82) is 0 Å². The smallest absolute Gasteiger partial charge is 0.406 e. The summed E-state index contributed by atoms with van der Waals surface area (Å²) in [4.78, 5) is 11.1. The highest BCUT2D eigenvalue weighted by atomic mass is 16.5. The van der Waals surface area contributed by atoms with Crippen LogP contribution in [0.5, 0.6) is 17.2 Å². The number of fused-ring (bicyclic) bond motifs is 1. The minimum atomic E-state index is -0.410. The van der Waals surface area contributed by atoms with Crippen LogP contribution in [0.3, 0.4) is 0 Å². The van der Waals surface area contributed by atoms with Gasteiger partial charge < -0.3 is 19.5 Å². The van der Waals surface area contributed by atoms with E-state index in [0.29, 0.717) is 13.2 Å². The van der Waals surface area contributed by atoms with Gasteiger partial charge in [-0.2, -0.15) is 0 Å². The Morgan fingerprint density at radius 3 is 2.32 bits per heavy atom. The molecule has 0 fully saturated rings. The normalized spacial score (nSPS) is 10.5. The van der Waals surface area contributed by atoms with Crippen molar-refractivity contribution in [3.8, 4) is 17.2 Å². The number of rotatable bonds is 8. The Labute approximate surface area is 165 Å². The molecule has 0 unspecified atom stereocenters. The van der Waals surface area contributed by atoms with Gasteiger partial charge in [0.15, 0.2) is 0 Å². The van der Waals surface area contributed by atoms with Gasteiger partial charge in [0, 0.05) is 6.54 Å². The molecule has 0 spiro atoms. The van der Waals surface area contributed by atoms with Crippen LogP contribution in [0.4, 0.5) is 4.79 Å². The number of carbonyl (C=O) groups excluding carboxylic acids is 1. The van der Waals surface area contributed by atoms with E-state index in [1.807, 2.05) is 42.5 Å². The van der Waals surface area contributed by atoms with Crippen LogP contribution in [0.1, 0.15) is 18.9 Å². The lowest BCUT2D eigenvalue weighted by Gasteiger charge is -2.10. The fraction of sp³-hybridized carbons (Fsp3) is 0.261. The van der Waals surface area contributed by atoms with Crippen molar-refractivity contribution >= 4 is 16.9 Å². The fourth-order valence-electron chi connectivity index (χ4n) is 2.83. The summed E-state index contributed by atoms with van der Waals surface area (Å²) in [6.07, 6.45) is 1.32. The maximum absolute atomic E-state index is 11.1. The van der Waals surface area contributed by atoms with Crippen LogP contribution in [0, 0.1) is 0 Å². The molecule has 0 aliphatic heterocycles. The second-order valence-electron chi connectivity index (χ2n) is 6.43. The summed E-state index contributed by atoms with van der Waals surface area (Å²) in [5.41, 5.74) is 1.15. The number of nitrogens with one attached hydrogen (secondary N) is 1. The summed E-state index contributed by atoms with van der Waals surface area (Å²) in [6, 6.07) is 19.9. The highest BCUT2D eigenvalue weighted by Gasteiger charge is 2.03. The molecule has 1 amide bonds. The average Bonchev–Trinajstić information content (AvgIpc) is 2.73. The number of ether oxygens (including phenoxy) is 3. The lowest BCUT2D eigenvalue weighted by Crippen LogP contribution is -2.25. The van der Waals surface area contributed by atoms with E-state index < -0.39 is 6.09 Å². The quantitative estimate of drug-likeness (QED) is 0.575. The third kappa shape index (κ3) is 5.39. The molecule has 1 N–H and O–H groups in total. The molecule has 3 aromatic rings. The van der Waals surface area contributed by atoms with E-state index in [-0.39, 0.29) is 0 Å². The first kappa shape index (κ1) is 19.5. The van der Waals surface area contributed by atoms with E-state index in [2.05, 4.69) is 35.2 Å². The summed E-state index contributed by atoms with van der Waals surface area (Å²) in [5.74, 6) is 2.41. The molecule has 3 rings (SSSR count). The van der Waals surface area contributed by atoms with Crippen LogP contribution in [-0.2, 0) is 11.2 Å². The lowest BCUT2D eigenvalue weighted by molar-refractivity contribution is 0.171. The molecule has 5 nitrogen and oxygen atoms in total. The van der Waals surface area contributed by atoms with Gasteiger partial charge in [0.1, 0.15) is 17.2 Å². The monoisotopic (exact) mass is 379 g/mol. The number of carbonyl (C=O) groups is 1. The Balaban J connectivity index is 1.63. The molecule has 0 atom stereocenters. The van der Waals surface area contributed by atoms with Crippen LogP contribution >= 0.6 is 0 Å². The van der Waals surface area contributed by atoms with Gasteiger partial charge in [-0.1, -0.05) is 31.2 Å². The van der Waals surface area contributed by atoms with Gasteiger partial charge in [0.25, 0.3) is 0 Å². The van der Waals surface area contributed by atoms with Crippen LogP contribution < -0.4 is 14.8 Å². The molecule has 0 saturated heterocycles. The Hall–Kier alpha value is -3.21. The number of alkyl carbamates (subject to hydrolysis) is 1. The van der Waals surface area contributed by atoms with E-state index in [1.54, 1.807) is 0 Å². The molecular formula is C23H25NO4. The number of methoxy groups -OCH3 is 1.